The van der Waals surface area contributed by atoms with E-state index in [4.69, 9.17) is 19.1 Å². The minimum atomic E-state index is -0.929. The van der Waals surface area contributed by atoms with Gasteiger partial charge in [0.05, 0.1) is 24.6 Å². The average molecular weight is 961 g/mol. The second-order valence-electron chi connectivity index (χ2n) is 18.4. The third kappa shape index (κ3) is 16.0. The number of anilines is 2. The molecule has 0 saturated carbocycles. The van der Waals surface area contributed by atoms with Gasteiger partial charge in [-0.05, 0) is 139 Å². The molecule has 16 nitrogen and oxygen atoms in total. The third-order valence-electron chi connectivity index (χ3n) is 12.5. The van der Waals surface area contributed by atoms with Crippen molar-refractivity contribution in [1.29, 1.82) is 0 Å². The van der Waals surface area contributed by atoms with Crippen LogP contribution in [-0.2, 0) is 35.5 Å². The Bertz CT molecular complexity index is 2410. The first-order chi connectivity index (χ1) is 33.9. The lowest BCUT2D eigenvalue weighted by Crippen LogP contribution is -2.33. The topological polar surface area (TPSA) is 171 Å². The highest BCUT2D eigenvalue weighted by Crippen LogP contribution is 2.22. The summed E-state index contributed by atoms with van der Waals surface area (Å²) in [7, 11) is 0. The molecule has 2 N–H and O–H groups in total. The fourth-order valence-corrected chi connectivity index (χ4v) is 8.82. The summed E-state index contributed by atoms with van der Waals surface area (Å²) in [6, 6.07) is 16.3. The minimum Gasteiger partial charge on any atom is -0.494 e. The van der Waals surface area contributed by atoms with Gasteiger partial charge in [0.2, 0.25) is 11.9 Å². The van der Waals surface area contributed by atoms with Gasteiger partial charge in [-0.3, -0.25) is 19.4 Å². The van der Waals surface area contributed by atoms with Gasteiger partial charge in [0.1, 0.15) is 11.5 Å². The molecule has 16 heteroatoms. The van der Waals surface area contributed by atoms with Gasteiger partial charge in [0.15, 0.2) is 0 Å². The number of hydrogen-bond donors (Lipinski definition) is 2. The molecular weight excluding hydrogens is 889 g/mol. The first kappa shape index (κ1) is 52.8. The Labute approximate surface area is 412 Å². The normalized spacial score (nSPS) is 16.8. The molecular formula is C54H72N8O8. The zero-order valence-corrected chi connectivity index (χ0v) is 41.9. The lowest BCUT2D eigenvalue weighted by molar-refractivity contribution is -0.141. The molecule has 2 saturated heterocycles. The van der Waals surface area contributed by atoms with Crippen LogP contribution in [0, 0.1) is 25.7 Å². The van der Waals surface area contributed by atoms with Crippen LogP contribution < -0.4 is 40.9 Å². The molecule has 0 spiro atoms. The summed E-state index contributed by atoms with van der Waals surface area (Å²) in [5.41, 5.74) is 2.91. The van der Waals surface area contributed by atoms with E-state index in [0.29, 0.717) is 73.5 Å². The summed E-state index contributed by atoms with van der Waals surface area (Å²) in [6.07, 6.45) is 15.7. The molecule has 2 atom stereocenters. The van der Waals surface area contributed by atoms with Gasteiger partial charge in [-0.15, -0.1) is 9.46 Å². The summed E-state index contributed by atoms with van der Waals surface area (Å²) in [5, 5.41) is 6.24. The van der Waals surface area contributed by atoms with Crippen LogP contribution in [0.15, 0.2) is 94.6 Å². The number of hydrogen-bond acceptors (Lipinski definition) is 14. The molecule has 0 radical (unpaired) electrons. The zero-order valence-electron chi connectivity index (χ0n) is 41.9. The molecule has 2 aromatic carbocycles. The lowest BCUT2D eigenvalue weighted by Gasteiger charge is -2.30. The number of rotatable bonds is 24. The quantitative estimate of drug-likeness (QED) is 0.0416. The number of benzene rings is 2. The highest BCUT2D eigenvalue weighted by molar-refractivity contribution is 5.92. The van der Waals surface area contributed by atoms with Gasteiger partial charge < -0.3 is 29.8 Å². The summed E-state index contributed by atoms with van der Waals surface area (Å²) in [5.74, 6) is 1.16. The van der Waals surface area contributed by atoms with Crippen LogP contribution >= 0.6 is 0 Å². The van der Waals surface area contributed by atoms with E-state index in [2.05, 4.69) is 68.5 Å². The van der Waals surface area contributed by atoms with Crippen molar-refractivity contribution < 1.29 is 28.7 Å². The maximum atomic E-state index is 13.4. The molecule has 2 aromatic heterocycles. The van der Waals surface area contributed by atoms with E-state index in [9.17, 15) is 19.2 Å². The average Bonchev–Trinajstić information content (AvgIpc) is 3.33. The van der Waals surface area contributed by atoms with Gasteiger partial charge in [-0.2, -0.15) is 9.97 Å². The summed E-state index contributed by atoms with van der Waals surface area (Å²) < 4.78 is 14.5. The number of likely N-dealkylation sites (tertiary alicyclic amines) is 2. The maximum absolute atomic E-state index is 13.4. The third-order valence-corrected chi connectivity index (χ3v) is 12.5. The monoisotopic (exact) mass is 961 g/mol. The van der Waals surface area contributed by atoms with E-state index < -0.39 is 23.1 Å². The molecule has 2 fully saturated rings. The Hall–Kier alpha value is -6.52. The van der Waals surface area contributed by atoms with Gasteiger partial charge in [0.25, 0.3) is 11.1 Å². The van der Waals surface area contributed by atoms with E-state index in [1.54, 1.807) is 13.8 Å². The van der Waals surface area contributed by atoms with Crippen molar-refractivity contribution in [3.8, 4) is 11.5 Å². The Morgan fingerprint density at radius 3 is 1.50 bits per heavy atom. The van der Waals surface area contributed by atoms with Crippen molar-refractivity contribution in [2.75, 3.05) is 63.1 Å². The number of aromatic nitrogens is 4. The Morgan fingerprint density at radius 2 is 1.10 bits per heavy atom. The van der Waals surface area contributed by atoms with Gasteiger partial charge in [0, 0.05) is 62.5 Å². The van der Waals surface area contributed by atoms with E-state index in [-0.39, 0.29) is 24.7 Å². The van der Waals surface area contributed by atoms with Crippen molar-refractivity contribution in [1.82, 2.24) is 29.2 Å². The van der Waals surface area contributed by atoms with Crippen molar-refractivity contribution in [3.05, 3.63) is 139 Å². The van der Waals surface area contributed by atoms with Crippen LogP contribution in [0.1, 0.15) is 99.9 Å². The first-order valence-corrected chi connectivity index (χ1v) is 24.9. The van der Waals surface area contributed by atoms with Gasteiger partial charge >= 0.3 is 11.9 Å². The predicted octanol–water partition coefficient (Wildman–Crippen LogP) is 7.05. The second kappa shape index (κ2) is 27.0. The van der Waals surface area contributed by atoms with E-state index >= 15 is 0 Å². The molecule has 2 aliphatic heterocycles. The predicted molar refractivity (Wildman–Crippen MR) is 273 cm³/mol. The molecule has 4 aromatic rings. The number of carbonyl (C=O) groups is 2. The second-order valence-corrected chi connectivity index (χ2v) is 18.4. The van der Waals surface area contributed by atoms with Crippen molar-refractivity contribution in [2.24, 2.45) is 11.8 Å². The van der Waals surface area contributed by atoms with Crippen LogP contribution in [0.25, 0.3) is 0 Å². The Morgan fingerprint density at radius 1 is 0.671 bits per heavy atom. The van der Waals surface area contributed by atoms with Crippen LogP contribution in [0.4, 0.5) is 11.9 Å². The standard InChI is InChI=1S/C54H72N8O8/c1-7-9-23-47-41(5)61(53(57-51(47)65)55-27-15-31-67-45-21-11-19-43(33-45)37-59-29-13-17-39(3)35-59)69-49(63)25-26-50(64)70-62-42(6)48(24-10-8-2)52(66)58-54(62)56-28-16-32-68-46-22-12-20-44(34-46)38-60-30-14-18-40(4)36-60/h7-12,19-22,25-26,33-34,39-40H,13-18,23-24,27-32,35-38H2,1-6H3,(H,55,57,65)(H,56,58,66)/b9-7+,10-8+,26-25-/t39-,40-/m1/s1. The Kier molecular flexibility index (Phi) is 20.4. The zero-order chi connectivity index (χ0) is 49.8. The van der Waals surface area contributed by atoms with Crippen LogP contribution in [0.2, 0.25) is 0 Å². The molecule has 0 bridgehead atoms. The van der Waals surface area contributed by atoms with Gasteiger partial charge in [-0.1, -0.05) is 62.4 Å². The highest BCUT2D eigenvalue weighted by Gasteiger charge is 2.21. The maximum Gasteiger partial charge on any atom is 0.356 e. The molecule has 376 valence electrons. The van der Waals surface area contributed by atoms with E-state index in [1.807, 2.05) is 62.4 Å². The van der Waals surface area contributed by atoms with Crippen LogP contribution in [0.5, 0.6) is 11.5 Å². The summed E-state index contributed by atoms with van der Waals surface area (Å²) >= 11 is 0. The van der Waals surface area contributed by atoms with Crippen molar-refractivity contribution in [3.63, 3.8) is 0 Å². The Balaban J connectivity index is 1.06. The number of ether oxygens (including phenoxy) is 2. The van der Waals surface area contributed by atoms with Crippen molar-refractivity contribution in [2.45, 2.75) is 106 Å². The molecule has 0 amide bonds. The summed E-state index contributed by atoms with van der Waals surface area (Å²) in [4.78, 5) is 77.9. The van der Waals surface area contributed by atoms with E-state index in [0.717, 1.165) is 72.4 Å². The highest BCUT2D eigenvalue weighted by atomic mass is 16.7. The summed E-state index contributed by atoms with van der Waals surface area (Å²) in [6.45, 7) is 19.3. The molecule has 0 aliphatic carbocycles. The first-order valence-electron chi connectivity index (χ1n) is 24.9. The smallest absolute Gasteiger partial charge is 0.356 e. The number of allylic oxidation sites excluding steroid dienone is 4. The van der Waals surface area contributed by atoms with Gasteiger partial charge in [-0.25, -0.2) is 9.59 Å². The largest absolute Gasteiger partial charge is 0.494 e. The van der Waals surface area contributed by atoms with E-state index in [1.165, 1.54) is 36.8 Å². The molecule has 6 rings (SSSR count). The molecule has 4 heterocycles. The van der Waals surface area contributed by atoms with Crippen molar-refractivity contribution >= 4 is 23.8 Å². The number of nitrogens with zero attached hydrogens (tertiary/aromatic N) is 6. The minimum absolute atomic E-state index is 0.0228. The SMILES string of the molecule is C/C=C/Cc1c(C)n(OC(=O)/C=C\C(=O)On2c(NCCCOc3cccc(CN4CCC[C@@H](C)C4)c3)nc(=O)c(C/C=C/C)c2C)c(NCCCOc2cccc(CN3CCC[C@@H](C)C3)c2)nc1=O. The molecule has 70 heavy (non-hydrogen) atoms. The number of carbonyl (C=O) groups excluding carboxylic acids is 2. The number of piperidine rings is 2. The molecule has 2 aliphatic rings. The van der Waals surface area contributed by atoms with Crippen LogP contribution in [-0.4, -0.2) is 93.6 Å². The fraction of sp³-hybridized carbons (Fsp3) is 0.481. The fourth-order valence-electron chi connectivity index (χ4n) is 8.82. The lowest BCUT2D eigenvalue weighted by atomic mass is 10.00. The number of nitrogens with one attached hydrogen (secondary N) is 2. The van der Waals surface area contributed by atoms with Crippen LogP contribution in [0.3, 0.4) is 0 Å². The molecule has 0 unspecified atom stereocenters.